The van der Waals surface area contributed by atoms with Crippen molar-refractivity contribution in [2.75, 3.05) is 12.0 Å². The van der Waals surface area contributed by atoms with Crippen LogP contribution in [0.15, 0.2) is 0 Å². The maximum absolute atomic E-state index is 10.5. The van der Waals surface area contributed by atoms with E-state index >= 15 is 0 Å². The highest BCUT2D eigenvalue weighted by Crippen LogP contribution is 2.08. The summed E-state index contributed by atoms with van der Waals surface area (Å²) in [5, 5.41) is 5.18. The molecule has 1 aromatic rings. The Bertz CT molecular complexity index is 325. The molecule has 0 bridgehead atoms. The van der Waals surface area contributed by atoms with E-state index in [1.165, 1.54) is 6.92 Å². The van der Waals surface area contributed by atoms with E-state index < -0.39 is 0 Å². The smallest absolute Gasteiger partial charge is 0.229 e. The lowest BCUT2D eigenvalue weighted by molar-refractivity contribution is -0.118. The summed E-state index contributed by atoms with van der Waals surface area (Å²) in [6.07, 6.45) is 0. The second-order valence-electron chi connectivity index (χ2n) is 2.28. The molecule has 14 heavy (non-hydrogen) atoms. The number of nitrogens with zero attached hydrogens (tertiary/aromatic N) is 3. The van der Waals surface area contributed by atoms with E-state index in [0.717, 1.165) is 0 Å². The monoisotopic (exact) mass is 235 g/mol. The molecule has 0 spiro atoms. The van der Waals surface area contributed by atoms with Crippen LogP contribution in [0.3, 0.4) is 0 Å². The minimum Gasteiger partial charge on any atom is -0.339 e. The Kier molecular flexibility index (Phi) is 3.84. The molecule has 1 amide bonds. The molecule has 0 aliphatic rings. The van der Waals surface area contributed by atoms with Crippen molar-refractivity contribution in [3.8, 4) is 0 Å². The van der Waals surface area contributed by atoms with E-state index in [9.17, 15) is 4.79 Å². The number of aromatic nitrogens is 3. The van der Waals surface area contributed by atoms with Crippen LogP contribution < -0.4 is 10.6 Å². The first kappa shape index (κ1) is 10.9. The van der Waals surface area contributed by atoms with Gasteiger partial charge in [-0.05, 0) is 23.2 Å². The summed E-state index contributed by atoms with van der Waals surface area (Å²) in [6, 6.07) is 0. The van der Waals surface area contributed by atoms with Crippen LogP contribution in [-0.4, -0.2) is 27.5 Å². The Morgan fingerprint density at radius 3 is 2.36 bits per heavy atom. The Hall–Kier alpha value is -1.14. The van der Waals surface area contributed by atoms with Crippen LogP contribution >= 0.6 is 23.2 Å². The van der Waals surface area contributed by atoms with Crippen LogP contribution in [0.4, 0.5) is 5.95 Å². The number of halogens is 2. The first-order valence-electron chi connectivity index (χ1n) is 3.63. The predicted molar refractivity (Wildman–Crippen MR) is 52.2 cm³/mol. The molecule has 0 aliphatic heterocycles. The summed E-state index contributed by atoms with van der Waals surface area (Å²) in [5.41, 5.74) is 0. The summed E-state index contributed by atoms with van der Waals surface area (Å²) in [4.78, 5) is 21.5. The molecule has 0 fully saturated rings. The topological polar surface area (TPSA) is 79.8 Å². The van der Waals surface area contributed by atoms with Gasteiger partial charge in [0.25, 0.3) is 0 Å². The predicted octanol–water partition coefficient (Wildman–Crippen LogP) is 0.684. The lowest BCUT2D eigenvalue weighted by Gasteiger charge is -2.04. The van der Waals surface area contributed by atoms with E-state index in [4.69, 9.17) is 23.2 Å². The summed E-state index contributed by atoms with van der Waals surface area (Å²) < 4.78 is 0. The van der Waals surface area contributed by atoms with Gasteiger partial charge in [-0.2, -0.15) is 15.0 Å². The molecule has 0 aromatic carbocycles. The summed E-state index contributed by atoms with van der Waals surface area (Å²) in [6.45, 7) is 1.60. The zero-order valence-electron chi connectivity index (χ0n) is 7.21. The van der Waals surface area contributed by atoms with Crippen LogP contribution in [-0.2, 0) is 4.79 Å². The fourth-order valence-electron chi connectivity index (χ4n) is 0.653. The number of carbonyl (C=O) groups excluding carboxylic acids is 1. The molecule has 1 aromatic heterocycles. The molecule has 0 radical (unpaired) electrons. The van der Waals surface area contributed by atoms with E-state index in [1.54, 1.807) is 0 Å². The molecule has 2 N–H and O–H groups in total. The fourth-order valence-corrected chi connectivity index (χ4v) is 1.02. The van der Waals surface area contributed by atoms with Gasteiger partial charge in [0.2, 0.25) is 22.4 Å². The molecular weight excluding hydrogens is 229 g/mol. The number of hydrogen-bond donors (Lipinski definition) is 2. The van der Waals surface area contributed by atoms with E-state index in [0.29, 0.717) is 0 Å². The Morgan fingerprint density at radius 2 is 1.86 bits per heavy atom. The highest BCUT2D eigenvalue weighted by Gasteiger charge is 2.01. The average molecular weight is 236 g/mol. The Balaban J connectivity index is 2.54. The van der Waals surface area contributed by atoms with E-state index in [1.807, 2.05) is 0 Å². The number of rotatable bonds is 3. The number of carbonyl (C=O) groups is 1. The second-order valence-corrected chi connectivity index (χ2v) is 2.96. The van der Waals surface area contributed by atoms with Crippen molar-refractivity contribution in [1.29, 1.82) is 0 Å². The molecular formula is C6H7Cl2N5O. The lowest BCUT2D eigenvalue weighted by atomic mass is 10.7. The van der Waals surface area contributed by atoms with Crippen LogP contribution in [0.5, 0.6) is 0 Å². The number of anilines is 1. The van der Waals surface area contributed by atoms with Gasteiger partial charge in [-0.3, -0.25) is 4.79 Å². The van der Waals surface area contributed by atoms with Crippen LogP contribution in [0.2, 0.25) is 10.6 Å². The van der Waals surface area contributed by atoms with Gasteiger partial charge in [0.05, 0.1) is 6.67 Å². The first-order valence-corrected chi connectivity index (χ1v) is 4.39. The highest BCUT2D eigenvalue weighted by molar-refractivity contribution is 6.31. The molecule has 0 aliphatic carbocycles. The van der Waals surface area contributed by atoms with Gasteiger partial charge in [-0.15, -0.1) is 0 Å². The van der Waals surface area contributed by atoms with Gasteiger partial charge < -0.3 is 10.6 Å². The third-order valence-corrected chi connectivity index (χ3v) is 1.50. The largest absolute Gasteiger partial charge is 0.339 e. The molecule has 6 nitrogen and oxygen atoms in total. The normalized spacial score (nSPS) is 9.64. The summed E-state index contributed by atoms with van der Waals surface area (Å²) in [7, 11) is 0. The molecule has 0 saturated carbocycles. The Labute approximate surface area is 90.1 Å². The zero-order chi connectivity index (χ0) is 10.6. The SMILES string of the molecule is CC(=O)NCNc1nc(Cl)nc(Cl)n1. The molecule has 1 heterocycles. The van der Waals surface area contributed by atoms with Crippen LogP contribution in [0.25, 0.3) is 0 Å². The van der Waals surface area contributed by atoms with Gasteiger partial charge >= 0.3 is 0 Å². The second kappa shape index (κ2) is 4.92. The van der Waals surface area contributed by atoms with Crippen molar-refractivity contribution in [2.24, 2.45) is 0 Å². The fraction of sp³-hybridized carbons (Fsp3) is 0.333. The molecule has 0 saturated heterocycles. The van der Waals surface area contributed by atoms with Gasteiger partial charge in [0.15, 0.2) is 0 Å². The van der Waals surface area contributed by atoms with Crippen LogP contribution in [0.1, 0.15) is 6.92 Å². The summed E-state index contributed by atoms with van der Waals surface area (Å²) >= 11 is 11.0. The Morgan fingerprint density at radius 1 is 1.29 bits per heavy atom. The quantitative estimate of drug-likeness (QED) is 0.754. The molecule has 0 atom stereocenters. The van der Waals surface area contributed by atoms with Crippen LogP contribution in [0, 0.1) is 0 Å². The molecule has 8 heteroatoms. The number of nitrogens with one attached hydrogen (secondary N) is 2. The third-order valence-electron chi connectivity index (χ3n) is 1.16. The van der Waals surface area contributed by atoms with Crippen molar-refractivity contribution < 1.29 is 4.79 Å². The maximum Gasteiger partial charge on any atom is 0.229 e. The van der Waals surface area contributed by atoms with E-state index in [-0.39, 0.29) is 29.1 Å². The zero-order valence-corrected chi connectivity index (χ0v) is 8.72. The standard InChI is InChI=1S/C6H7Cl2N5O/c1-3(14)9-2-10-6-12-4(7)11-5(8)13-6/h2H2,1H3,(H,9,14)(H,10,11,12,13). The average Bonchev–Trinajstić information content (AvgIpc) is 2.01. The number of hydrogen-bond acceptors (Lipinski definition) is 5. The minimum atomic E-state index is -0.163. The molecule has 0 unspecified atom stereocenters. The lowest BCUT2D eigenvalue weighted by Crippen LogP contribution is -2.27. The third kappa shape index (κ3) is 3.71. The van der Waals surface area contributed by atoms with Crippen molar-refractivity contribution in [2.45, 2.75) is 6.92 Å². The van der Waals surface area contributed by atoms with Gasteiger partial charge in [0.1, 0.15) is 0 Å². The molecule has 1 rings (SSSR count). The first-order chi connectivity index (χ1) is 6.58. The highest BCUT2D eigenvalue weighted by atomic mass is 35.5. The maximum atomic E-state index is 10.5. The van der Waals surface area contributed by atoms with Crippen molar-refractivity contribution in [1.82, 2.24) is 20.3 Å². The van der Waals surface area contributed by atoms with Crippen molar-refractivity contribution in [3.05, 3.63) is 10.6 Å². The number of amides is 1. The van der Waals surface area contributed by atoms with Crippen molar-refractivity contribution >= 4 is 35.1 Å². The van der Waals surface area contributed by atoms with Gasteiger partial charge in [-0.25, -0.2) is 0 Å². The summed E-state index contributed by atoms with van der Waals surface area (Å²) in [5.74, 6) is 0.0486. The van der Waals surface area contributed by atoms with Gasteiger partial charge in [-0.1, -0.05) is 0 Å². The van der Waals surface area contributed by atoms with Gasteiger partial charge in [0, 0.05) is 6.92 Å². The minimum absolute atomic E-state index is 0.00433. The molecule has 76 valence electrons. The van der Waals surface area contributed by atoms with Crippen molar-refractivity contribution in [3.63, 3.8) is 0 Å². The van der Waals surface area contributed by atoms with E-state index in [2.05, 4.69) is 25.6 Å².